The molecule has 3 heteroatoms. The number of hydrogen-bond acceptors (Lipinski definition) is 3. The Morgan fingerprint density at radius 2 is 1.92 bits per heavy atom. The van der Waals surface area contributed by atoms with Gasteiger partial charge in [-0.05, 0) is 26.2 Å². The van der Waals surface area contributed by atoms with Crippen LogP contribution in [0.15, 0.2) is 0 Å². The SMILES string of the molecule is CC1(CNC2CCC2)OCCCO1. The summed E-state index contributed by atoms with van der Waals surface area (Å²) in [6.07, 6.45) is 5.03. The molecule has 1 heterocycles. The molecular formula is C10H19NO2. The fraction of sp³-hybridized carbons (Fsp3) is 1.00. The zero-order valence-electron chi connectivity index (χ0n) is 8.34. The van der Waals surface area contributed by atoms with E-state index in [1.54, 1.807) is 0 Å². The van der Waals surface area contributed by atoms with Crippen LogP contribution in [0.2, 0.25) is 0 Å². The molecule has 0 aromatic rings. The van der Waals surface area contributed by atoms with E-state index in [0.717, 1.165) is 26.2 Å². The van der Waals surface area contributed by atoms with Crippen molar-refractivity contribution in [2.45, 2.75) is 44.4 Å². The summed E-state index contributed by atoms with van der Waals surface area (Å²) in [6.45, 7) is 4.53. The van der Waals surface area contributed by atoms with E-state index in [1.807, 2.05) is 6.92 Å². The van der Waals surface area contributed by atoms with Crippen LogP contribution in [0, 0.1) is 0 Å². The summed E-state index contributed by atoms with van der Waals surface area (Å²) in [4.78, 5) is 0. The van der Waals surface area contributed by atoms with Crippen molar-refractivity contribution in [3.05, 3.63) is 0 Å². The zero-order valence-corrected chi connectivity index (χ0v) is 8.34. The van der Waals surface area contributed by atoms with Crippen molar-refractivity contribution in [2.75, 3.05) is 19.8 Å². The first kappa shape index (κ1) is 9.44. The lowest BCUT2D eigenvalue weighted by atomic mass is 9.93. The highest BCUT2D eigenvalue weighted by molar-refractivity contribution is 4.80. The van der Waals surface area contributed by atoms with E-state index < -0.39 is 0 Å². The van der Waals surface area contributed by atoms with Crippen molar-refractivity contribution < 1.29 is 9.47 Å². The first-order valence-corrected chi connectivity index (χ1v) is 5.30. The van der Waals surface area contributed by atoms with Gasteiger partial charge in [-0.3, -0.25) is 0 Å². The van der Waals surface area contributed by atoms with E-state index >= 15 is 0 Å². The Bertz CT molecular complexity index is 162. The Kier molecular flexibility index (Phi) is 2.86. The Balaban J connectivity index is 1.71. The van der Waals surface area contributed by atoms with E-state index in [9.17, 15) is 0 Å². The monoisotopic (exact) mass is 185 g/mol. The molecule has 2 aliphatic rings. The Morgan fingerprint density at radius 3 is 2.46 bits per heavy atom. The molecule has 0 aromatic heterocycles. The van der Waals surface area contributed by atoms with E-state index in [2.05, 4.69) is 5.32 Å². The van der Waals surface area contributed by atoms with Gasteiger partial charge < -0.3 is 14.8 Å². The van der Waals surface area contributed by atoms with Gasteiger partial charge in [0.2, 0.25) is 0 Å². The van der Waals surface area contributed by atoms with Crippen LogP contribution in [-0.2, 0) is 9.47 Å². The molecule has 0 spiro atoms. The van der Waals surface area contributed by atoms with Gasteiger partial charge in [0, 0.05) is 12.6 Å². The van der Waals surface area contributed by atoms with Gasteiger partial charge >= 0.3 is 0 Å². The van der Waals surface area contributed by atoms with Crippen molar-refractivity contribution in [3.63, 3.8) is 0 Å². The normalized spacial score (nSPS) is 28.4. The average Bonchev–Trinajstić information content (AvgIpc) is 2.02. The topological polar surface area (TPSA) is 30.5 Å². The van der Waals surface area contributed by atoms with Crippen molar-refractivity contribution in [1.29, 1.82) is 0 Å². The van der Waals surface area contributed by atoms with Gasteiger partial charge in [0.25, 0.3) is 0 Å². The van der Waals surface area contributed by atoms with Crippen LogP contribution in [0.25, 0.3) is 0 Å². The standard InChI is InChI=1S/C10H19NO2/c1-10(12-6-3-7-13-10)8-11-9-4-2-5-9/h9,11H,2-8H2,1H3. The lowest BCUT2D eigenvalue weighted by Gasteiger charge is -2.37. The van der Waals surface area contributed by atoms with Crippen LogP contribution in [-0.4, -0.2) is 31.6 Å². The molecule has 1 N–H and O–H groups in total. The minimum absolute atomic E-state index is 0.367. The molecular weight excluding hydrogens is 166 g/mol. The highest BCUT2D eigenvalue weighted by atomic mass is 16.7. The molecule has 13 heavy (non-hydrogen) atoms. The zero-order chi connectivity index (χ0) is 9.15. The fourth-order valence-electron chi connectivity index (χ4n) is 1.72. The summed E-state index contributed by atoms with van der Waals surface area (Å²) in [6, 6.07) is 0.714. The van der Waals surface area contributed by atoms with Gasteiger partial charge in [-0.1, -0.05) is 6.42 Å². The quantitative estimate of drug-likeness (QED) is 0.718. The van der Waals surface area contributed by atoms with Gasteiger partial charge in [-0.25, -0.2) is 0 Å². The van der Waals surface area contributed by atoms with E-state index in [-0.39, 0.29) is 5.79 Å². The molecule has 0 atom stereocenters. The third-order valence-corrected chi connectivity index (χ3v) is 2.92. The lowest BCUT2D eigenvalue weighted by Crippen LogP contribution is -2.50. The van der Waals surface area contributed by atoms with E-state index in [0.29, 0.717) is 6.04 Å². The Labute approximate surface area is 79.8 Å². The third-order valence-electron chi connectivity index (χ3n) is 2.92. The molecule has 3 nitrogen and oxygen atoms in total. The van der Waals surface area contributed by atoms with Gasteiger partial charge in [0.05, 0.1) is 13.2 Å². The summed E-state index contributed by atoms with van der Waals surface area (Å²) in [5.74, 6) is -0.367. The number of nitrogens with one attached hydrogen (secondary N) is 1. The maximum absolute atomic E-state index is 5.60. The largest absolute Gasteiger partial charge is 0.349 e. The molecule has 2 rings (SSSR count). The first-order valence-electron chi connectivity index (χ1n) is 5.30. The van der Waals surface area contributed by atoms with Crippen LogP contribution in [0.3, 0.4) is 0 Å². The second kappa shape index (κ2) is 3.95. The van der Waals surface area contributed by atoms with E-state index in [4.69, 9.17) is 9.47 Å². The highest BCUT2D eigenvalue weighted by Crippen LogP contribution is 2.21. The second-order valence-electron chi connectivity index (χ2n) is 4.19. The Hall–Kier alpha value is -0.120. The summed E-state index contributed by atoms with van der Waals surface area (Å²) in [7, 11) is 0. The van der Waals surface area contributed by atoms with Crippen molar-refractivity contribution in [1.82, 2.24) is 5.32 Å². The molecule has 0 bridgehead atoms. The predicted octanol–water partition coefficient (Wildman–Crippen LogP) is 1.28. The third kappa shape index (κ3) is 2.42. The summed E-state index contributed by atoms with van der Waals surface area (Å²) in [5, 5.41) is 3.48. The number of hydrogen-bond donors (Lipinski definition) is 1. The maximum Gasteiger partial charge on any atom is 0.177 e. The molecule has 1 aliphatic carbocycles. The summed E-state index contributed by atoms with van der Waals surface area (Å²) < 4.78 is 11.2. The van der Waals surface area contributed by atoms with Gasteiger partial charge in [-0.15, -0.1) is 0 Å². The molecule has 0 aromatic carbocycles. The minimum Gasteiger partial charge on any atom is -0.349 e. The van der Waals surface area contributed by atoms with Gasteiger partial charge in [0.1, 0.15) is 0 Å². The van der Waals surface area contributed by atoms with Crippen LogP contribution in [0.1, 0.15) is 32.6 Å². The van der Waals surface area contributed by atoms with Crippen LogP contribution in [0.4, 0.5) is 0 Å². The average molecular weight is 185 g/mol. The minimum atomic E-state index is -0.367. The molecule has 2 fully saturated rings. The molecule has 0 amide bonds. The highest BCUT2D eigenvalue weighted by Gasteiger charge is 2.30. The van der Waals surface area contributed by atoms with Crippen molar-refractivity contribution in [2.24, 2.45) is 0 Å². The Morgan fingerprint density at radius 1 is 1.23 bits per heavy atom. The number of ether oxygens (including phenoxy) is 2. The van der Waals surface area contributed by atoms with Crippen LogP contribution < -0.4 is 5.32 Å². The summed E-state index contributed by atoms with van der Waals surface area (Å²) >= 11 is 0. The van der Waals surface area contributed by atoms with E-state index in [1.165, 1.54) is 19.3 Å². The van der Waals surface area contributed by atoms with Crippen molar-refractivity contribution in [3.8, 4) is 0 Å². The smallest absolute Gasteiger partial charge is 0.177 e. The van der Waals surface area contributed by atoms with Crippen LogP contribution in [0.5, 0.6) is 0 Å². The molecule has 1 aliphatic heterocycles. The second-order valence-corrected chi connectivity index (χ2v) is 4.19. The molecule has 76 valence electrons. The lowest BCUT2D eigenvalue weighted by molar-refractivity contribution is -0.253. The molecule has 0 unspecified atom stereocenters. The van der Waals surface area contributed by atoms with Crippen LogP contribution >= 0.6 is 0 Å². The predicted molar refractivity (Wildman–Crippen MR) is 50.6 cm³/mol. The maximum atomic E-state index is 5.60. The van der Waals surface area contributed by atoms with Crippen molar-refractivity contribution >= 4 is 0 Å². The number of rotatable bonds is 3. The molecule has 1 saturated heterocycles. The molecule has 1 saturated carbocycles. The van der Waals surface area contributed by atoms with Gasteiger partial charge in [-0.2, -0.15) is 0 Å². The fourth-order valence-corrected chi connectivity index (χ4v) is 1.72. The van der Waals surface area contributed by atoms with Gasteiger partial charge in [0.15, 0.2) is 5.79 Å². The molecule has 0 radical (unpaired) electrons. The summed E-state index contributed by atoms with van der Waals surface area (Å²) in [5.41, 5.74) is 0. The first-order chi connectivity index (χ1) is 6.29.